The number of ether oxygens (including phenoxy) is 8. The monoisotopic (exact) mass is 1940 g/mol. The molecular formula is C113H128N18O13. The van der Waals surface area contributed by atoms with E-state index in [1.54, 1.807) is 109 Å². The van der Waals surface area contributed by atoms with Gasteiger partial charge in [0, 0.05) is 146 Å². The molecular weight excluding hydrogens is 1820 g/mol. The third-order valence-corrected chi connectivity index (χ3v) is 27.9. The number of imidazole rings is 1. The van der Waals surface area contributed by atoms with Crippen molar-refractivity contribution in [2.45, 2.75) is 141 Å². The molecule has 4 fully saturated rings. The van der Waals surface area contributed by atoms with E-state index in [4.69, 9.17) is 57.8 Å². The molecule has 31 heteroatoms. The van der Waals surface area contributed by atoms with Crippen LogP contribution in [0, 0.1) is 13.8 Å². The summed E-state index contributed by atoms with van der Waals surface area (Å²) >= 11 is 0. The Balaban J connectivity index is 0.000000124. The van der Waals surface area contributed by atoms with E-state index in [0.717, 1.165) is 202 Å². The van der Waals surface area contributed by atoms with E-state index < -0.39 is 0 Å². The van der Waals surface area contributed by atoms with Crippen LogP contribution in [0.5, 0.6) is 46.0 Å². The van der Waals surface area contributed by atoms with Gasteiger partial charge >= 0.3 is 0 Å². The molecule has 1 saturated carbocycles. The summed E-state index contributed by atoms with van der Waals surface area (Å²) in [5.74, 6) is 6.32. The van der Waals surface area contributed by atoms with Crippen LogP contribution >= 0.6 is 0 Å². The fourth-order valence-electron chi connectivity index (χ4n) is 19.9. The first-order chi connectivity index (χ1) is 70.2. The Morgan fingerprint density at radius 3 is 1.35 bits per heavy atom. The molecule has 5 aliphatic rings. The van der Waals surface area contributed by atoms with Crippen LogP contribution in [0.15, 0.2) is 237 Å². The first-order valence-corrected chi connectivity index (χ1v) is 49.7. The fourth-order valence-corrected chi connectivity index (χ4v) is 19.9. The Bertz CT molecular complexity index is 7670. The topological polar surface area (TPSA) is 326 Å². The Kier molecular flexibility index (Phi) is 32.5. The molecule has 31 nitrogen and oxygen atoms in total. The molecule has 16 aromatic rings. The van der Waals surface area contributed by atoms with Gasteiger partial charge in [-0.2, -0.15) is 0 Å². The molecule has 748 valence electrons. The van der Waals surface area contributed by atoms with Crippen LogP contribution < -0.4 is 97.2 Å². The summed E-state index contributed by atoms with van der Waals surface area (Å²) in [5, 5.41) is 17.1. The first-order valence-electron chi connectivity index (χ1n) is 49.7. The van der Waals surface area contributed by atoms with Crippen molar-refractivity contribution in [3.05, 3.63) is 304 Å². The predicted octanol–water partition coefficient (Wildman–Crippen LogP) is 16.2. The van der Waals surface area contributed by atoms with Crippen LogP contribution in [0.25, 0.3) is 95.6 Å². The maximum Gasteiger partial charge on any atom is 0.258 e. The van der Waals surface area contributed by atoms with Gasteiger partial charge in [-0.25, -0.2) is 29.9 Å². The van der Waals surface area contributed by atoms with Gasteiger partial charge in [0.25, 0.3) is 27.8 Å². The maximum absolute atomic E-state index is 13.0. The minimum atomic E-state index is -0.0933. The zero-order valence-corrected chi connectivity index (χ0v) is 84.3. The number of benzene rings is 4. The number of nitrogens with one attached hydrogen (secondary N) is 5. The third kappa shape index (κ3) is 22.9. The average Bonchev–Trinajstić information content (AvgIpc) is 0.817. The molecule has 4 aromatic carbocycles. The average molecular weight is 1950 g/mol. The molecule has 0 bridgehead atoms. The Morgan fingerprint density at radius 2 is 0.847 bits per heavy atom. The van der Waals surface area contributed by atoms with Gasteiger partial charge in [0.05, 0.1) is 96.7 Å². The van der Waals surface area contributed by atoms with Crippen molar-refractivity contribution in [2.24, 2.45) is 0 Å². The van der Waals surface area contributed by atoms with Crippen LogP contribution in [0.3, 0.4) is 0 Å². The number of methoxy groups -OCH3 is 8. The van der Waals surface area contributed by atoms with Gasteiger partial charge < -0.3 is 73.8 Å². The van der Waals surface area contributed by atoms with E-state index in [1.165, 1.54) is 29.5 Å². The van der Waals surface area contributed by atoms with Crippen molar-refractivity contribution < 1.29 is 37.9 Å². The molecule has 12 aromatic heterocycles. The summed E-state index contributed by atoms with van der Waals surface area (Å²) in [6.07, 6.45) is 30.0. The van der Waals surface area contributed by atoms with Gasteiger partial charge in [0.2, 0.25) is 0 Å². The maximum atomic E-state index is 13.0. The number of rotatable bonds is 23. The number of pyridine rings is 6. The number of aryl methyl sites for hydroxylation is 3. The highest BCUT2D eigenvalue weighted by Gasteiger charge is 2.27. The van der Waals surface area contributed by atoms with E-state index in [-0.39, 0.29) is 27.8 Å². The molecule has 3 saturated heterocycles. The van der Waals surface area contributed by atoms with Crippen LogP contribution in [0.4, 0.5) is 5.69 Å². The van der Waals surface area contributed by atoms with Crippen LogP contribution in [-0.4, -0.2) is 191 Å². The number of nitrogens with zero attached hydrogens (tertiary/aromatic N) is 13. The highest BCUT2D eigenvalue weighted by Crippen LogP contribution is 2.40. The second kappa shape index (κ2) is 46.4. The first kappa shape index (κ1) is 101. The second-order valence-corrected chi connectivity index (χ2v) is 37.0. The van der Waals surface area contributed by atoms with E-state index in [1.807, 2.05) is 178 Å². The summed E-state index contributed by atoms with van der Waals surface area (Å²) in [7, 11) is 14.8. The molecule has 1 aliphatic carbocycles. The normalized spacial score (nSPS) is 16.1. The smallest absolute Gasteiger partial charge is 0.258 e. The highest BCUT2D eigenvalue weighted by atomic mass is 16.5. The minimum absolute atomic E-state index is 0.0186. The lowest BCUT2D eigenvalue weighted by molar-refractivity contribution is 0.355. The molecule has 1 unspecified atom stereocenters. The van der Waals surface area contributed by atoms with E-state index >= 15 is 0 Å². The lowest BCUT2D eigenvalue weighted by atomic mass is 9.82. The largest absolute Gasteiger partial charge is 0.493 e. The van der Waals surface area contributed by atoms with Gasteiger partial charge in [-0.3, -0.25) is 46.0 Å². The number of piperidine rings is 3. The van der Waals surface area contributed by atoms with Gasteiger partial charge in [-0.05, 0) is 309 Å². The summed E-state index contributed by atoms with van der Waals surface area (Å²) in [6, 6.07) is 51.8. The molecule has 5 N–H and O–H groups in total. The van der Waals surface area contributed by atoms with E-state index in [0.29, 0.717) is 127 Å². The summed E-state index contributed by atoms with van der Waals surface area (Å²) < 4.78 is 53.0. The van der Waals surface area contributed by atoms with Crippen molar-refractivity contribution in [1.29, 1.82) is 0 Å². The number of aromatic nitrogens is 12. The van der Waals surface area contributed by atoms with Crippen LogP contribution in [0.2, 0.25) is 0 Å². The molecule has 0 amide bonds. The summed E-state index contributed by atoms with van der Waals surface area (Å²) in [5.41, 5.74) is 21.5. The van der Waals surface area contributed by atoms with Crippen molar-refractivity contribution >= 4 is 45.1 Å². The fraction of sp³-hybridized carbons (Fsp3) is 0.354. The van der Waals surface area contributed by atoms with Crippen LogP contribution in [-0.2, 0) is 6.42 Å². The van der Waals surface area contributed by atoms with Gasteiger partial charge in [-0.15, -0.1) is 0 Å². The SMILES string of the molecule is CCCNC1CCN(c2cc(C)c3nc(-c4ccc(OC)c(OC)c4)cc(=O)n3c2)CC1.CCc1cc(C2=CCNCC2)cn2c(=O)cc(-c3ccc(OC)c(OC)c3)nc12.CNC1CCC(c2ccc3nc(-c4ccc(OC)c(OC)c4)cc(=O)n3c2)CC1.COc1ccc(-c2cc(=O)n3cc(C4CCCNC4)ccc3n2)cc1OC.Cc1cn2cc(-c3ccc4nc(C5CCNCC5)cc(=O)n4c3)ccc2n1. The van der Waals surface area contributed by atoms with Crippen molar-refractivity contribution in [1.82, 2.24) is 82.9 Å². The third-order valence-electron chi connectivity index (χ3n) is 27.9. The summed E-state index contributed by atoms with van der Waals surface area (Å²) in [6.45, 7) is 17.1. The molecule has 21 rings (SSSR count). The van der Waals surface area contributed by atoms with Crippen LogP contribution in [0.1, 0.15) is 148 Å². The van der Waals surface area contributed by atoms with Gasteiger partial charge in [0.15, 0.2) is 46.0 Å². The predicted molar refractivity (Wildman–Crippen MR) is 567 cm³/mol. The number of hydrogen-bond donors (Lipinski definition) is 5. The molecule has 1 atom stereocenters. The van der Waals surface area contributed by atoms with E-state index in [2.05, 4.69) is 85.6 Å². The lowest BCUT2D eigenvalue weighted by Gasteiger charge is -2.34. The Hall–Kier alpha value is -14.9. The second-order valence-electron chi connectivity index (χ2n) is 37.0. The van der Waals surface area contributed by atoms with E-state index in [9.17, 15) is 24.0 Å². The number of anilines is 1. The van der Waals surface area contributed by atoms with Crippen molar-refractivity contribution in [2.75, 3.05) is 128 Å². The standard InChI is InChI=1S/C25H32N4O3.C23H27N3O3.C23H25N3O3.C21H21N5O.C21H23N3O3/c1-5-10-26-19-8-11-28(12-9-19)20-13-17(2)25-27-21(15-24(30)29(25)16-20)18-6-7-22(31-3)23(14-18)32-4;1-24-18-8-4-15(5-9-18)17-7-11-22-25-19(13-23(27)26(22)14-17)16-6-10-20(28-2)21(12-16)29-3;1-4-15-11-18(16-7-9-24-10-8-16)14-26-22(27)13-19(25-23(15)26)17-5-6-20(28-2)21(12-17)29-3;1-14-11-25-12-16(2-4-19(25)23-14)17-3-5-20-24-18(10-21(27)26(20)13-17)15-6-8-22-9-7-15;1-26-18-7-5-14(10-19(18)27-2)17-11-21(25)24-13-16(6-8-20(24)23-17)15-4-3-9-22-12-15/h6-7,13-16,19,26H,5,8-12H2,1-4H3;6-7,10-15,18,24H,4-5,8-9H2,1-3H3;5-7,11-14,24H,4,8-10H2,1-3H3;2-5,10-13,15,22H,6-9H2,1H3;5-8,10-11,13,15,22H,3-4,9,12H2,1-2H3. The quantitative estimate of drug-likeness (QED) is 0.0397. The molecule has 0 spiro atoms. The summed E-state index contributed by atoms with van der Waals surface area (Å²) in [4.78, 5) is 95.0. The Labute approximate surface area is 836 Å². The molecule has 144 heavy (non-hydrogen) atoms. The van der Waals surface area contributed by atoms with Gasteiger partial charge in [0.1, 0.15) is 33.9 Å². The zero-order valence-electron chi connectivity index (χ0n) is 84.3. The molecule has 4 aliphatic heterocycles. The number of fused-ring (bicyclic) bond motifs is 6. The highest BCUT2D eigenvalue weighted by molar-refractivity contribution is 5.74. The van der Waals surface area contributed by atoms with Gasteiger partial charge in [-0.1, -0.05) is 32.1 Å². The molecule has 16 heterocycles. The van der Waals surface area contributed by atoms with Crippen molar-refractivity contribution in [3.8, 4) is 102 Å². The molecule has 0 radical (unpaired) electrons. The lowest BCUT2D eigenvalue weighted by Crippen LogP contribution is -2.43. The zero-order chi connectivity index (χ0) is 101. The number of hydrogen-bond acceptors (Lipinski definition) is 25. The Morgan fingerprint density at radius 1 is 0.375 bits per heavy atom. The van der Waals surface area contributed by atoms with Crippen molar-refractivity contribution in [3.63, 3.8) is 0 Å². The minimum Gasteiger partial charge on any atom is -0.493 e.